The molecular formula is C10H13NO3. The van der Waals surface area contributed by atoms with Crippen molar-refractivity contribution in [2.24, 2.45) is 0 Å². The van der Waals surface area contributed by atoms with Crippen LogP contribution in [0.25, 0.3) is 0 Å². The van der Waals surface area contributed by atoms with Crippen molar-refractivity contribution in [3.8, 4) is 0 Å². The second-order valence-electron chi connectivity index (χ2n) is 2.79. The number of aromatic nitrogens is 1. The Morgan fingerprint density at radius 3 is 2.79 bits per heavy atom. The Kier molecular flexibility index (Phi) is 3.45. The lowest BCUT2D eigenvalue weighted by Crippen LogP contribution is -2.07. The van der Waals surface area contributed by atoms with Gasteiger partial charge in [0.05, 0.1) is 6.61 Å². The molecule has 0 saturated heterocycles. The fourth-order valence-electron chi connectivity index (χ4n) is 1.34. The van der Waals surface area contributed by atoms with Gasteiger partial charge in [0.25, 0.3) is 0 Å². The summed E-state index contributed by atoms with van der Waals surface area (Å²) in [4.78, 5) is 24.7. The van der Waals surface area contributed by atoms with Crippen LogP contribution < -0.4 is 0 Å². The van der Waals surface area contributed by atoms with Crippen molar-refractivity contribution in [2.75, 3.05) is 6.61 Å². The van der Waals surface area contributed by atoms with E-state index in [1.165, 1.54) is 6.20 Å². The van der Waals surface area contributed by atoms with Crippen molar-refractivity contribution < 1.29 is 14.3 Å². The number of aldehydes is 1. The molecule has 0 saturated carbocycles. The number of carbonyl (C=O) groups excluding carboxylic acids is 2. The summed E-state index contributed by atoms with van der Waals surface area (Å²) in [6.45, 7) is 3.96. The molecule has 1 N–H and O–H groups in total. The molecule has 14 heavy (non-hydrogen) atoms. The van der Waals surface area contributed by atoms with Crippen LogP contribution in [-0.4, -0.2) is 23.8 Å². The lowest BCUT2D eigenvalue weighted by Gasteiger charge is -2.01. The van der Waals surface area contributed by atoms with Crippen LogP contribution in [0.5, 0.6) is 0 Å². The highest BCUT2D eigenvalue weighted by Gasteiger charge is 2.16. The minimum absolute atomic E-state index is 0.331. The van der Waals surface area contributed by atoms with Gasteiger partial charge in [0.2, 0.25) is 0 Å². The van der Waals surface area contributed by atoms with E-state index in [4.69, 9.17) is 4.74 Å². The third kappa shape index (κ3) is 1.84. The van der Waals surface area contributed by atoms with Crippen LogP contribution in [0.1, 0.15) is 40.3 Å². The molecule has 0 fully saturated rings. The Hall–Kier alpha value is -1.58. The predicted octanol–water partition coefficient (Wildman–Crippen LogP) is 1.57. The van der Waals surface area contributed by atoms with Gasteiger partial charge in [-0.15, -0.1) is 0 Å². The lowest BCUT2D eigenvalue weighted by atomic mass is 10.1. The van der Waals surface area contributed by atoms with E-state index in [0.29, 0.717) is 24.3 Å². The standard InChI is InChI=1S/C10H13NO3/c1-3-8-7(6-12)5-11-9(8)10(13)14-4-2/h5-6,11H,3-4H2,1-2H3. The predicted molar refractivity (Wildman–Crippen MR) is 51.5 cm³/mol. The first-order chi connectivity index (χ1) is 6.74. The zero-order valence-corrected chi connectivity index (χ0v) is 8.29. The maximum atomic E-state index is 11.4. The molecule has 4 heteroatoms. The van der Waals surface area contributed by atoms with Crippen LogP contribution in [0.3, 0.4) is 0 Å². The molecule has 0 unspecified atom stereocenters. The molecule has 76 valence electrons. The van der Waals surface area contributed by atoms with Crippen LogP contribution in [0.4, 0.5) is 0 Å². The van der Waals surface area contributed by atoms with Gasteiger partial charge in [0, 0.05) is 11.8 Å². The van der Waals surface area contributed by atoms with Crippen molar-refractivity contribution in [2.45, 2.75) is 20.3 Å². The van der Waals surface area contributed by atoms with E-state index in [0.717, 1.165) is 11.8 Å². The van der Waals surface area contributed by atoms with Crippen molar-refractivity contribution in [3.63, 3.8) is 0 Å². The quantitative estimate of drug-likeness (QED) is 0.586. The van der Waals surface area contributed by atoms with Crippen LogP contribution in [0.2, 0.25) is 0 Å². The fourth-order valence-corrected chi connectivity index (χ4v) is 1.34. The molecule has 0 amide bonds. The lowest BCUT2D eigenvalue weighted by molar-refractivity contribution is 0.0519. The summed E-state index contributed by atoms with van der Waals surface area (Å²) in [5.41, 5.74) is 1.63. The number of H-pyrrole nitrogens is 1. The highest BCUT2D eigenvalue weighted by molar-refractivity contribution is 5.92. The Morgan fingerprint density at radius 2 is 2.29 bits per heavy atom. The molecule has 0 atom stereocenters. The summed E-state index contributed by atoms with van der Waals surface area (Å²) in [6, 6.07) is 0. The summed E-state index contributed by atoms with van der Waals surface area (Å²) in [7, 11) is 0. The summed E-state index contributed by atoms with van der Waals surface area (Å²) < 4.78 is 4.84. The molecule has 0 aromatic carbocycles. The van der Waals surface area contributed by atoms with E-state index in [-0.39, 0.29) is 0 Å². The van der Waals surface area contributed by atoms with E-state index in [1.54, 1.807) is 6.92 Å². The number of ether oxygens (including phenoxy) is 1. The van der Waals surface area contributed by atoms with Gasteiger partial charge in [-0.1, -0.05) is 6.92 Å². The minimum Gasteiger partial charge on any atom is -0.461 e. The SMILES string of the molecule is CCOC(=O)c1[nH]cc(C=O)c1CC. The van der Waals surface area contributed by atoms with Crippen molar-refractivity contribution in [1.29, 1.82) is 0 Å². The summed E-state index contributed by atoms with van der Waals surface area (Å²) in [5.74, 6) is -0.405. The number of carbonyl (C=O) groups is 2. The van der Waals surface area contributed by atoms with Crippen LogP contribution in [0, 0.1) is 0 Å². The molecule has 0 bridgehead atoms. The molecule has 4 nitrogen and oxygen atoms in total. The Balaban J connectivity index is 3.02. The van der Waals surface area contributed by atoms with Crippen molar-refractivity contribution >= 4 is 12.3 Å². The maximum Gasteiger partial charge on any atom is 0.355 e. The molecule has 1 aromatic rings. The number of hydrogen-bond donors (Lipinski definition) is 1. The summed E-state index contributed by atoms with van der Waals surface area (Å²) in [6.07, 6.45) is 2.89. The fraction of sp³-hybridized carbons (Fsp3) is 0.400. The Bertz CT molecular complexity index is 341. The van der Waals surface area contributed by atoms with Gasteiger partial charge in [0.15, 0.2) is 6.29 Å². The van der Waals surface area contributed by atoms with Gasteiger partial charge in [0.1, 0.15) is 5.69 Å². The van der Waals surface area contributed by atoms with Crippen LogP contribution >= 0.6 is 0 Å². The molecular weight excluding hydrogens is 182 g/mol. The second kappa shape index (κ2) is 4.60. The highest BCUT2D eigenvalue weighted by atomic mass is 16.5. The number of hydrogen-bond acceptors (Lipinski definition) is 3. The summed E-state index contributed by atoms with van der Waals surface area (Å²) >= 11 is 0. The monoisotopic (exact) mass is 195 g/mol. The van der Waals surface area contributed by atoms with Gasteiger partial charge in [-0.05, 0) is 18.9 Å². The number of rotatable bonds is 4. The first-order valence-corrected chi connectivity index (χ1v) is 4.57. The molecule has 1 aromatic heterocycles. The zero-order valence-electron chi connectivity index (χ0n) is 8.29. The van der Waals surface area contributed by atoms with Crippen molar-refractivity contribution in [1.82, 2.24) is 4.98 Å². The number of aromatic amines is 1. The third-order valence-electron chi connectivity index (χ3n) is 1.98. The second-order valence-corrected chi connectivity index (χ2v) is 2.79. The van der Waals surface area contributed by atoms with E-state index in [9.17, 15) is 9.59 Å². The normalized spacial score (nSPS) is 9.86. The highest BCUT2D eigenvalue weighted by Crippen LogP contribution is 2.14. The average Bonchev–Trinajstić information content (AvgIpc) is 2.60. The van der Waals surface area contributed by atoms with E-state index < -0.39 is 5.97 Å². The molecule has 1 heterocycles. The number of nitrogens with one attached hydrogen (secondary N) is 1. The van der Waals surface area contributed by atoms with Crippen LogP contribution in [-0.2, 0) is 11.2 Å². The maximum absolute atomic E-state index is 11.4. The molecule has 0 radical (unpaired) electrons. The van der Waals surface area contributed by atoms with Gasteiger partial charge in [-0.3, -0.25) is 4.79 Å². The Morgan fingerprint density at radius 1 is 1.57 bits per heavy atom. The van der Waals surface area contributed by atoms with E-state index in [1.807, 2.05) is 6.92 Å². The van der Waals surface area contributed by atoms with Crippen molar-refractivity contribution in [3.05, 3.63) is 23.0 Å². The minimum atomic E-state index is -0.405. The molecule has 0 spiro atoms. The average molecular weight is 195 g/mol. The molecule has 0 aliphatic heterocycles. The molecule has 0 aliphatic rings. The molecule has 0 aliphatic carbocycles. The van der Waals surface area contributed by atoms with Gasteiger partial charge >= 0.3 is 5.97 Å². The zero-order chi connectivity index (χ0) is 10.6. The molecule has 1 rings (SSSR count). The van der Waals surface area contributed by atoms with Crippen LogP contribution in [0.15, 0.2) is 6.20 Å². The Labute approximate surface area is 82.3 Å². The van der Waals surface area contributed by atoms with Gasteiger partial charge in [-0.25, -0.2) is 4.79 Å². The number of esters is 1. The van der Waals surface area contributed by atoms with E-state index in [2.05, 4.69) is 4.98 Å². The largest absolute Gasteiger partial charge is 0.461 e. The third-order valence-corrected chi connectivity index (χ3v) is 1.98. The van der Waals surface area contributed by atoms with Gasteiger partial charge in [-0.2, -0.15) is 0 Å². The first-order valence-electron chi connectivity index (χ1n) is 4.57. The topological polar surface area (TPSA) is 59.2 Å². The van der Waals surface area contributed by atoms with Gasteiger partial charge < -0.3 is 9.72 Å². The first kappa shape index (κ1) is 10.5. The van der Waals surface area contributed by atoms with E-state index >= 15 is 0 Å². The smallest absolute Gasteiger partial charge is 0.355 e. The summed E-state index contributed by atoms with van der Waals surface area (Å²) in [5, 5.41) is 0.